The van der Waals surface area contributed by atoms with Gasteiger partial charge >= 0.3 is 7.60 Å². The van der Waals surface area contributed by atoms with Gasteiger partial charge in [0.15, 0.2) is 5.76 Å². The number of hydrogen-bond acceptors (Lipinski definition) is 4. The average molecular weight is 322 g/mol. The van der Waals surface area contributed by atoms with Crippen LogP contribution in [0.1, 0.15) is 10.6 Å². The van der Waals surface area contributed by atoms with Gasteiger partial charge in [-0.25, -0.2) is 0 Å². The molecular weight excluding hydrogens is 315 g/mol. The minimum atomic E-state index is -5.23. The first-order valence-electron chi connectivity index (χ1n) is 4.01. The van der Waals surface area contributed by atoms with Crippen LogP contribution in [0.5, 0.6) is 0 Å². The second-order valence-electron chi connectivity index (χ2n) is 3.11. The number of rotatable bonds is 3. The van der Waals surface area contributed by atoms with Gasteiger partial charge < -0.3 is 19.9 Å². The van der Waals surface area contributed by atoms with Crippen molar-refractivity contribution in [1.82, 2.24) is 0 Å². The number of Topliss-reactive ketones (excluding diaryl/α,β-unsaturated/α-hetero) is 1. The van der Waals surface area contributed by atoms with Gasteiger partial charge in [0.25, 0.3) is 0 Å². The molecule has 0 aromatic carbocycles. The molecule has 1 unspecified atom stereocenters. The van der Waals surface area contributed by atoms with Crippen LogP contribution < -0.4 is 5.73 Å². The molecule has 10 heteroatoms. The first kappa shape index (κ1) is 15.0. The molecule has 1 atom stereocenters. The van der Waals surface area contributed by atoms with Crippen LogP contribution in [0.15, 0.2) is 22.8 Å². The first-order chi connectivity index (χ1) is 7.52. The molecule has 0 saturated carbocycles. The van der Waals surface area contributed by atoms with Gasteiger partial charge in [0.1, 0.15) is 0 Å². The highest BCUT2D eigenvalue weighted by molar-refractivity contribution is 7.55. The van der Waals surface area contributed by atoms with Crippen molar-refractivity contribution < 1.29 is 23.6 Å². The van der Waals surface area contributed by atoms with Crippen molar-refractivity contribution in [1.29, 1.82) is 0 Å². The molecule has 4 N–H and O–H groups in total. The van der Waals surface area contributed by atoms with Crippen LogP contribution in [-0.2, 0) is 4.57 Å². The Hall–Kier alpha value is -0.0700. The average Bonchev–Trinajstić information content (AvgIpc) is 2.64. The lowest BCUT2D eigenvalue weighted by atomic mass is 10.1. The molecule has 6 nitrogen and oxygen atoms in total. The molecule has 1 rings (SSSR count). The van der Waals surface area contributed by atoms with E-state index in [4.69, 9.17) is 50.3 Å². The van der Waals surface area contributed by atoms with Crippen LogP contribution in [0, 0.1) is 0 Å². The quantitative estimate of drug-likeness (QED) is 0.443. The van der Waals surface area contributed by atoms with Crippen LogP contribution in [0.4, 0.5) is 0 Å². The topological polar surface area (TPSA) is 114 Å². The van der Waals surface area contributed by atoms with Crippen LogP contribution in [0.3, 0.4) is 0 Å². The summed E-state index contributed by atoms with van der Waals surface area (Å²) in [5.41, 5.74) is 5.32. The Kier molecular flexibility index (Phi) is 4.01. The molecule has 0 amide bonds. The summed E-state index contributed by atoms with van der Waals surface area (Å²) in [6.07, 6.45) is 1.12. The molecule has 1 heterocycles. The zero-order valence-corrected chi connectivity index (χ0v) is 11.2. The van der Waals surface area contributed by atoms with Crippen molar-refractivity contribution in [2.75, 3.05) is 0 Å². The molecule has 0 saturated heterocycles. The Bertz CT molecular complexity index is 464. The fraction of sp³-hybridized carbons (Fsp3) is 0.286. The lowest BCUT2D eigenvalue weighted by molar-refractivity contribution is 0.0897. The molecule has 0 fully saturated rings. The van der Waals surface area contributed by atoms with Crippen molar-refractivity contribution in [3.8, 4) is 0 Å². The van der Waals surface area contributed by atoms with Gasteiger partial charge in [-0.2, -0.15) is 0 Å². The molecule has 0 bridgehead atoms. The standard InChI is InChI=1S/C7H7Cl3NO5P/c8-7(9,10)6(11,17(13,14)15)5(12)4-2-1-3-16-4/h1-3H,11H2,(H2,13,14,15). The van der Waals surface area contributed by atoms with E-state index in [0.29, 0.717) is 0 Å². The third-order valence-electron chi connectivity index (χ3n) is 1.98. The fourth-order valence-corrected chi connectivity index (χ4v) is 2.98. The Morgan fingerprint density at radius 3 is 2.24 bits per heavy atom. The van der Waals surface area contributed by atoms with Crippen molar-refractivity contribution >= 4 is 48.2 Å². The molecule has 1 aromatic heterocycles. The molecule has 17 heavy (non-hydrogen) atoms. The van der Waals surface area contributed by atoms with E-state index >= 15 is 0 Å². The van der Waals surface area contributed by atoms with Crippen LogP contribution in [0.25, 0.3) is 0 Å². The summed E-state index contributed by atoms with van der Waals surface area (Å²) in [4.78, 5) is 30.1. The van der Waals surface area contributed by atoms with Gasteiger partial charge in [-0.05, 0) is 12.1 Å². The van der Waals surface area contributed by atoms with Crippen molar-refractivity contribution in [3.05, 3.63) is 24.2 Å². The van der Waals surface area contributed by atoms with Crippen molar-refractivity contribution in [3.63, 3.8) is 0 Å². The maximum absolute atomic E-state index is 11.9. The number of furan rings is 1. The summed E-state index contributed by atoms with van der Waals surface area (Å²) in [5, 5.41) is -3.01. The fourth-order valence-electron chi connectivity index (χ4n) is 1.02. The second kappa shape index (κ2) is 4.55. The van der Waals surface area contributed by atoms with E-state index in [2.05, 4.69) is 4.42 Å². The number of carbonyl (C=O) groups is 1. The normalized spacial score (nSPS) is 16.6. The molecule has 1 aromatic rings. The lowest BCUT2D eigenvalue weighted by Gasteiger charge is -2.33. The van der Waals surface area contributed by atoms with Crippen LogP contribution in [0.2, 0.25) is 0 Å². The van der Waals surface area contributed by atoms with Crippen molar-refractivity contribution in [2.24, 2.45) is 5.73 Å². The zero-order valence-electron chi connectivity index (χ0n) is 8.01. The third-order valence-corrected chi connectivity index (χ3v) is 4.73. The number of hydrogen-bond donors (Lipinski definition) is 3. The number of alkyl halides is 3. The summed E-state index contributed by atoms with van der Waals surface area (Å²) in [7, 11) is -5.23. The SMILES string of the molecule is NC(C(=O)c1ccco1)(C(Cl)(Cl)Cl)P(=O)(O)O. The first-order valence-corrected chi connectivity index (χ1v) is 6.76. The predicted octanol–water partition coefficient (Wildman–Crippen LogP) is 1.67. The summed E-state index contributed by atoms with van der Waals surface area (Å²) >= 11 is 16.2. The van der Waals surface area contributed by atoms with Gasteiger partial charge in [-0.1, -0.05) is 34.8 Å². The van der Waals surface area contributed by atoms with Crippen molar-refractivity contribution in [2.45, 2.75) is 9.07 Å². The molecule has 96 valence electrons. The molecule has 0 aliphatic rings. The molecular formula is C7H7Cl3NO5P. The number of nitrogens with two attached hydrogens (primary N) is 1. The second-order valence-corrected chi connectivity index (χ2v) is 7.19. The highest BCUT2D eigenvalue weighted by Gasteiger charge is 2.64. The highest BCUT2D eigenvalue weighted by atomic mass is 35.6. The van der Waals surface area contributed by atoms with Crippen LogP contribution in [-0.4, -0.2) is 24.6 Å². The number of halogens is 3. The van der Waals surface area contributed by atoms with E-state index in [0.717, 1.165) is 12.3 Å². The maximum atomic E-state index is 11.9. The Morgan fingerprint density at radius 2 is 1.94 bits per heavy atom. The monoisotopic (exact) mass is 321 g/mol. The molecule has 0 aliphatic carbocycles. The van der Waals surface area contributed by atoms with E-state index < -0.39 is 28.2 Å². The summed E-state index contributed by atoms with van der Waals surface area (Å²) < 4.78 is 13.3. The van der Waals surface area contributed by atoms with E-state index in [1.807, 2.05) is 0 Å². The number of ketones is 1. The van der Waals surface area contributed by atoms with Crippen LogP contribution >= 0.6 is 42.4 Å². The van der Waals surface area contributed by atoms with E-state index in [1.165, 1.54) is 6.07 Å². The summed E-state index contributed by atoms with van der Waals surface area (Å²) in [6.45, 7) is 0. The predicted molar refractivity (Wildman–Crippen MR) is 62.3 cm³/mol. The minimum Gasteiger partial charge on any atom is -0.461 e. The maximum Gasteiger partial charge on any atom is 0.357 e. The van der Waals surface area contributed by atoms with Gasteiger partial charge in [-0.15, -0.1) is 0 Å². The van der Waals surface area contributed by atoms with Gasteiger partial charge in [0, 0.05) is 0 Å². The minimum absolute atomic E-state index is 0.415. The summed E-state index contributed by atoms with van der Waals surface area (Å²) in [5.74, 6) is -1.71. The zero-order chi connectivity index (χ0) is 13.5. The summed E-state index contributed by atoms with van der Waals surface area (Å²) in [6, 6.07) is 2.47. The molecule has 0 radical (unpaired) electrons. The van der Waals surface area contributed by atoms with E-state index in [1.54, 1.807) is 0 Å². The van der Waals surface area contributed by atoms with E-state index in [9.17, 15) is 9.36 Å². The Balaban J connectivity index is 3.37. The van der Waals surface area contributed by atoms with Gasteiger partial charge in [-0.3, -0.25) is 9.36 Å². The lowest BCUT2D eigenvalue weighted by Crippen LogP contribution is -2.57. The molecule has 0 aliphatic heterocycles. The van der Waals surface area contributed by atoms with Gasteiger partial charge in [0.2, 0.25) is 14.9 Å². The third kappa shape index (κ3) is 2.53. The largest absolute Gasteiger partial charge is 0.461 e. The smallest absolute Gasteiger partial charge is 0.357 e. The molecule has 0 spiro atoms. The Morgan fingerprint density at radius 1 is 1.41 bits per heavy atom. The Labute approximate surface area is 111 Å². The van der Waals surface area contributed by atoms with Gasteiger partial charge in [0.05, 0.1) is 6.26 Å². The highest BCUT2D eigenvalue weighted by Crippen LogP contribution is 2.59. The number of carbonyl (C=O) groups excluding carboxylic acids is 1. The van der Waals surface area contributed by atoms with E-state index in [-0.39, 0.29) is 0 Å².